The number of rotatable bonds is 9. The lowest BCUT2D eigenvalue weighted by atomic mass is 10.1. The molecule has 1 aromatic heterocycles. The van der Waals surface area contributed by atoms with Crippen LogP contribution in [-0.2, 0) is 25.9 Å². The minimum atomic E-state index is 0.798. The molecule has 0 aliphatic heterocycles. The second-order valence-corrected chi connectivity index (χ2v) is 6.45. The number of aryl methyl sites for hydroxylation is 2. The van der Waals surface area contributed by atoms with E-state index in [1.165, 1.54) is 11.1 Å². The second-order valence-electron chi connectivity index (χ2n) is 6.45. The highest BCUT2D eigenvalue weighted by molar-refractivity contribution is 5.79. The van der Waals surface area contributed by atoms with Crippen LogP contribution < -0.4 is 5.32 Å². The molecule has 0 fully saturated rings. The van der Waals surface area contributed by atoms with E-state index < -0.39 is 0 Å². The second kappa shape index (κ2) is 10.6. The molecule has 1 N–H and O–H groups in total. The van der Waals surface area contributed by atoms with Gasteiger partial charge in [0.1, 0.15) is 12.2 Å². The van der Waals surface area contributed by atoms with Crippen molar-refractivity contribution in [2.45, 2.75) is 53.1 Å². The Morgan fingerprint density at radius 1 is 1.12 bits per heavy atom. The van der Waals surface area contributed by atoms with Crippen LogP contribution in [0.25, 0.3) is 0 Å². The Morgan fingerprint density at radius 2 is 1.85 bits per heavy atom. The summed E-state index contributed by atoms with van der Waals surface area (Å²) in [6.07, 6.45) is 4.80. The van der Waals surface area contributed by atoms with Crippen LogP contribution in [0.2, 0.25) is 0 Å². The van der Waals surface area contributed by atoms with E-state index in [1.54, 1.807) is 6.33 Å². The van der Waals surface area contributed by atoms with Gasteiger partial charge in [-0.15, -0.1) is 10.2 Å². The first kappa shape index (κ1) is 19.9. The molecule has 2 rings (SSSR count). The van der Waals surface area contributed by atoms with E-state index in [0.29, 0.717) is 0 Å². The van der Waals surface area contributed by atoms with E-state index in [-0.39, 0.29) is 0 Å². The number of guanidine groups is 1. The quantitative estimate of drug-likeness (QED) is 0.554. The van der Waals surface area contributed by atoms with Gasteiger partial charge < -0.3 is 14.8 Å². The summed E-state index contributed by atoms with van der Waals surface area (Å²) in [5.41, 5.74) is 2.66. The molecule has 0 aliphatic rings. The molecule has 0 spiro atoms. The molecular weight excluding hydrogens is 324 g/mol. The van der Waals surface area contributed by atoms with Crippen LogP contribution in [-0.4, -0.2) is 45.8 Å². The van der Waals surface area contributed by atoms with Gasteiger partial charge in [0.25, 0.3) is 0 Å². The summed E-state index contributed by atoms with van der Waals surface area (Å²) >= 11 is 0. The smallest absolute Gasteiger partial charge is 0.194 e. The highest BCUT2D eigenvalue weighted by Crippen LogP contribution is 2.07. The molecule has 0 unspecified atom stereocenters. The van der Waals surface area contributed by atoms with E-state index in [2.05, 4.69) is 77.1 Å². The zero-order valence-corrected chi connectivity index (χ0v) is 16.6. The normalized spacial score (nSPS) is 11.6. The Morgan fingerprint density at radius 3 is 2.50 bits per heavy atom. The van der Waals surface area contributed by atoms with Gasteiger partial charge in [0.15, 0.2) is 5.96 Å². The molecule has 0 aliphatic carbocycles. The first-order valence-electron chi connectivity index (χ1n) is 9.61. The van der Waals surface area contributed by atoms with Gasteiger partial charge in [0, 0.05) is 39.6 Å². The van der Waals surface area contributed by atoms with Gasteiger partial charge in [0.2, 0.25) is 0 Å². The van der Waals surface area contributed by atoms with E-state index in [4.69, 9.17) is 4.99 Å². The molecule has 142 valence electrons. The average Bonchev–Trinajstić information content (AvgIpc) is 3.12. The predicted molar refractivity (Wildman–Crippen MR) is 107 cm³/mol. The van der Waals surface area contributed by atoms with Crippen molar-refractivity contribution >= 4 is 5.96 Å². The zero-order valence-electron chi connectivity index (χ0n) is 16.6. The van der Waals surface area contributed by atoms with Gasteiger partial charge in [-0.05, 0) is 24.0 Å². The van der Waals surface area contributed by atoms with Crippen LogP contribution in [0.15, 0.2) is 35.6 Å². The molecule has 0 saturated carbocycles. The minimum absolute atomic E-state index is 0.798. The highest BCUT2D eigenvalue weighted by Gasteiger charge is 2.08. The monoisotopic (exact) mass is 356 g/mol. The lowest BCUT2D eigenvalue weighted by molar-refractivity contribution is 0.470. The Kier molecular flexibility index (Phi) is 8.12. The van der Waals surface area contributed by atoms with Crippen molar-refractivity contribution in [3.05, 3.63) is 47.5 Å². The summed E-state index contributed by atoms with van der Waals surface area (Å²) in [5.74, 6) is 1.96. The standard InChI is InChI=1S/C20H32N6/c1-5-12-21-20(22-13-14-26-16-23-24-19(26)7-3)25(4)15-18-10-8-17(6-2)9-11-18/h8-11,16H,5-7,12-15H2,1-4H3,(H,21,22). The number of hydrogen-bond donors (Lipinski definition) is 1. The fraction of sp³-hybridized carbons (Fsp3) is 0.550. The topological polar surface area (TPSA) is 58.3 Å². The first-order chi connectivity index (χ1) is 12.7. The van der Waals surface area contributed by atoms with Crippen LogP contribution in [0.5, 0.6) is 0 Å². The maximum absolute atomic E-state index is 4.72. The number of benzene rings is 1. The van der Waals surface area contributed by atoms with Crippen LogP contribution in [0.3, 0.4) is 0 Å². The summed E-state index contributed by atoms with van der Waals surface area (Å²) in [7, 11) is 2.09. The van der Waals surface area contributed by atoms with Crippen molar-refractivity contribution in [1.29, 1.82) is 0 Å². The van der Waals surface area contributed by atoms with Crippen molar-refractivity contribution in [1.82, 2.24) is 25.0 Å². The fourth-order valence-corrected chi connectivity index (χ4v) is 2.79. The van der Waals surface area contributed by atoms with Gasteiger partial charge in [-0.25, -0.2) is 0 Å². The molecule has 6 heteroatoms. The van der Waals surface area contributed by atoms with Gasteiger partial charge in [-0.1, -0.05) is 45.0 Å². The summed E-state index contributed by atoms with van der Waals surface area (Å²) in [6.45, 7) is 9.73. The van der Waals surface area contributed by atoms with Gasteiger partial charge in [-0.3, -0.25) is 4.99 Å². The lowest BCUT2D eigenvalue weighted by Crippen LogP contribution is -2.40. The zero-order chi connectivity index (χ0) is 18.8. The fourth-order valence-electron chi connectivity index (χ4n) is 2.79. The minimum Gasteiger partial charge on any atom is -0.354 e. The van der Waals surface area contributed by atoms with Gasteiger partial charge >= 0.3 is 0 Å². The summed E-state index contributed by atoms with van der Waals surface area (Å²) in [5, 5.41) is 11.6. The van der Waals surface area contributed by atoms with E-state index >= 15 is 0 Å². The van der Waals surface area contributed by atoms with Crippen molar-refractivity contribution in [2.75, 3.05) is 20.1 Å². The van der Waals surface area contributed by atoms with Crippen molar-refractivity contribution < 1.29 is 0 Å². The Bertz CT molecular complexity index is 674. The Hall–Kier alpha value is -2.37. The maximum Gasteiger partial charge on any atom is 0.194 e. The van der Waals surface area contributed by atoms with E-state index in [1.807, 2.05) is 0 Å². The SMILES string of the molecule is CCCN=C(NCCn1cnnc1CC)N(C)Cc1ccc(CC)cc1. The third kappa shape index (κ3) is 5.86. The summed E-state index contributed by atoms with van der Waals surface area (Å²) in [6, 6.07) is 8.82. The molecule has 0 atom stereocenters. The first-order valence-corrected chi connectivity index (χ1v) is 9.61. The van der Waals surface area contributed by atoms with Crippen molar-refractivity contribution in [2.24, 2.45) is 4.99 Å². The number of hydrogen-bond acceptors (Lipinski definition) is 3. The Labute approximate surface area is 157 Å². The van der Waals surface area contributed by atoms with Crippen molar-refractivity contribution in [3.63, 3.8) is 0 Å². The molecule has 0 amide bonds. The predicted octanol–water partition coefficient (Wildman–Crippen LogP) is 2.89. The van der Waals surface area contributed by atoms with E-state index in [0.717, 1.165) is 57.2 Å². The summed E-state index contributed by atoms with van der Waals surface area (Å²) < 4.78 is 2.09. The van der Waals surface area contributed by atoms with Crippen LogP contribution in [0.4, 0.5) is 0 Å². The largest absolute Gasteiger partial charge is 0.354 e. The van der Waals surface area contributed by atoms with Gasteiger partial charge in [-0.2, -0.15) is 0 Å². The number of nitrogens with zero attached hydrogens (tertiary/aromatic N) is 5. The molecule has 0 radical (unpaired) electrons. The number of aromatic nitrogens is 3. The number of nitrogens with one attached hydrogen (secondary N) is 1. The third-order valence-corrected chi connectivity index (χ3v) is 4.35. The lowest BCUT2D eigenvalue weighted by Gasteiger charge is -2.23. The molecule has 6 nitrogen and oxygen atoms in total. The molecule has 26 heavy (non-hydrogen) atoms. The third-order valence-electron chi connectivity index (χ3n) is 4.35. The molecule has 2 aromatic rings. The van der Waals surface area contributed by atoms with Gasteiger partial charge in [0.05, 0.1) is 0 Å². The van der Waals surface area contributed by atoms with Crippen LogP contribution in [0.1, 0.15) is 44.1 Å². The molecular formula is C20H32N6. The Balaban J connectivity index is 1.94. The molecule has 0 bridgehead atoms. The average molecular weight is 357 g/mol. The van der Waals surface area contributed by atoms with Crippen LogP contribution >= 0.6 is 0 Å². The number of aliphatic imine (C=N–C) groups is 1. The van der Waals surface area contributed by atoms with Crippen LogP contribution in [0, 0.1) is 0 Å². The van der Waals surface area contributed by atoms with E-state index in [9.17, 15) is 0 Å². The highest BCUT2D eigenvalue weighted by atomic mass is 15.3. The summed E-state index contributed by atoms with van der Waals surface area (Å²) in [4.78, 5) is 6.91. The molecule has 0 saturated heterocycles. The molecule has 1 aromatic carbocycles. The van der Waals surface area contributed by atoms with Crippen molar-refractivity contribution in [3.8, 4) is 0 Å². The maximum atomic E-state index is 4.72. The molecule has 1 heterocycles.